The molecule has 1 aliphatic rings. The van der Waals surface area contributed by atoms with Crippen LogP contribution in [0.15, 0.2) is 303 Å². The van der Waals surface area contributed by atoms with E-state index in [2.05, 4.69) is 374 Å². The van der Waals surface area contributed by atoms with Crippen LogP contribution in [0.25, 0.3) is 142 Å². The van der Waals surface area contributed by atoms with Crippen LogP contribution in [0.1, 0.15) is 277 Å². The fourth-order valence-electron chi connectivity index (χ4n) is 22.9. The zero-order valence-electron chi connectivity index (χ0n) is 86.4. The quantitative estimate of drug-likeness (QED) is 0.0217. The third-order valence-corrected chi connectivity index (χ3v) is 30.5. The van der Waals surface area contributed by atoms with Gasteiger partial charge in [0.25, 0.3) is 0 Å². The van der Waals surface area contributed by atoms with Crippen LogP contribution < -0.4 is 18.9 Å². The predicted octanol–water partition coefficient (Wildman–Crippen LogP) is 39.8. The monoisotopic (exact) mass is 1900 g/mol. The Morgan fingerprint density at radius 1 is 0.262 bits per heavy atom. The first-order valence-electron chi connectivity index (χ1n) is 54.7. The minimum atomic E-state index is -0.733. The number of rotatable bonds is 45. The SMILES string of the molecule is C#CC#CC#COc1ccc2cc(-c3c4ccc(CCCCCCCC)cc4c(-c4ccc5cc(Oc6ccc(C7(c8ccc(Oc9ccc%10cc(-c%11c%12ccc(CCCCCCCC)cc%12c(-c%12ccc%13cc(OCCCCCC)ccc%13c%12)c%12ccc(CCCCCCCC)cc%11%12)ccc%10c9)cc8)c8cc(C)ccc8-c8ccc(C#CC)cc87)cc6)ccc5c4)c4ccc(CCCCCCCC)cc34)ccc2c1. The van der Waals surface area contributed by atoms with Gasteiger partial charge in [-0.2, -0.15) is 0 Å². The van der Waals surface area contributed by atoms with Gasteiger partial charge in [0, 0.05) is 17.4 Å². The van der Waals surface area contributed by atoms with Crippen molar-refractivity contribution in [3.63, 3.8) is 0 Å². The van der Waals surface area contributed by atoms with Crippen LogP contribution >= 0.6 is 0 Å². The zero-order chi connectivity index (χ0) is 99.2. The van der Waals surface area contributed by atoms with Crippen LogP contribution in [-0.4, -0.2) is 6.61 Å². The molecule has 1 unspecified atom stereocenters. The Balaban J connectivity index is 0.635. The van der Waals surface area contributed by atoms with Gasteiger partial charge in [-0.3, -0.25) is 0 Å². The molecule has 0 amide bonds. The third-order valence-electron chi connectivity index (χ3n) is 30.5. The van der Waals surface area contributed by atoms with Crippen LogP contribution in [0.5, 0.6) is 34.5 Å². The van der Waals surface area contributed by atoms with Gasteiger partial charge in [-0.1, -0.05) is 388 Å². The Kier molecular flexibility index (Phi) is 32.7. The molecule has 0 aromatic heterocycles. The second-order valence-corrected chi connectivity index (χ2v) is 40.8. The molecule has 726 valence electrons. The van der Waals surface area contributed by atoms with Gasteiger partial charge in [0.05, 0.1) is 12.0 Å². The molecule has 0 N–H and O–H groups in total. The van der Waals surface area contributed by atoms with E-state index in [1.165, 1.54) is 327 Å². The summed E-state index contributed by atoms with van der Waals surface area (Å²) in [7, 11) is 0. The van der Waals surface area contributed by atoms with Crippen LogP contribution in [-0.2, 0) is 31.1 Å². The van der Waals surface area contributed by atoms with E-state index in [1.807, 2.05) is 19.1 Å². The normalized spacial score (nSPS) is 12.6. The summed E-state index contributed by atoms with van der Waals surface area (Å²) in [6.07, 6.45) is 47.3. The molecule has 0 saturated heterocycles. The van der Waals surface area contributed by atoms with Gasteiger partial charge in [-0.05, 0) is 379 Å². The third kappa shape index (κ3) is 22.7. The highest BCUT2D eigenvalue weighted by Gasteiger charge is 2.47. The van der Waals surface area contributed by atoms with Crippen molar-refractivity contribution in [2.75, 3.05) is 6.61 Å². The predicted molar refractivity (Wildman–Crippen MR) is 619 cm³/mol. The van der Waals surface area contributed by atoms with Gasteiger partial charge in [0.1, 0.15) is 40.6 Å². The summed E-state index contributed by atoms with van der Waals surface area (Å²) in [6.45, 7) is 16.4. The van der Waals surface area contributed by atoms with Crippen molar-refractivity contribution >= 4 is 86.2 Å². The number of hydrogen-bond acceptors (Lipinski definition) is 4. The molecule has 0 saturated carbocycles. The smallest absolute Gasteiger partial charge is 0.140 e. The van der Waals surface area contributed by atoms with Crippen molar-refractivity contribution in [1.82, 2.24) is 0 Å². The molecule has 0 heterocycles. The van der Waals surface area contributed by atoms with Crippen molar-refractivity contribution in [2.24, 2.45) is 0 Å². The van der Waals surface area contributed by atoms with Crippen LogP contribution in [0.4, 0.5) is 0 Å². The average molecular weight is 1900 g/mol. The van der Waals surface area contributed by atoms with E-state index < -0.39 is 5.41 Å². The second-order valence-electron chi connectivity index (χ2n) is 40.8. The molecule has 18 aromatic rings. The van der Waals surface area contributed by atoms with Crippen molar-refractivity contribution in [2.45, 2.75) is 259 Å². The first-order valence-corrected chi connectivity index (χ1v) is 54.7. The van der Waals surface area contributed by atoms with Gasteiger partial charge >= 0.3 is 0 Å². The molecule has 4 nitrogen and oxygen atoms in total. The van der Waals surface area contributed by atoms with E-state index in [1.54, 1.807) is 0 Å². The lowest BCUT2D eigenvalue weighted by molar-refractivity contribution is 0.305. The second kappa shape index (κ2) is 47.8. The first-order chi connectivity index (χ1) is 71.5. The minimum absolute atomic E-state index is 0.655. The number of unbranched alkanes of at least 4 members (excludes halogenated alkanes) is 23. The molecule has 0 aliphatic heterocycles. The number of ether oxygens (including phenoxy) is 4. The number of hydrogen-bond donors (Lipinski definition) is 0. The van der Waals surface area contributed by atoms with Crippen molar-refractivity contribution in [3.05, 3.63) is 359 Å². The molecule has 145 heavy (non-hydrogen) atoms. The van der Waals surface area contributed by atoms with E-state index in [0.29, 0.717) is 5.75 Å². The molecule has 4 heteroatoms. The molecule has 0 bridgehead atoms. The van der Waals surface area contributed by atoms with E-state index in [0.717, 1.165) is 111 Å². The summed E-state index contributed by atoms with van der Waals surface area (Å²) < 4.78 is 26.2. The average Bonchev–Trinajstić information content (AvgIpc) is 1.63. The molecular formula is C141H138O4. The lowest BCUT2D eigenvalue weighted by Gasteiger charge is -2.34. The number of fused-ring (bicyclic) bond motifs is 11. The van der Waals surface area contributed by atoms with Gasteiger partial charge in [0.2, 0.25) is 0 Å². The molecule has 1 atom stereocenters. The molecule has 0 fully saturated rings. The number of benzene rings is 18. The van der Waals surface area contributed by atoms with E-state index in [4.69, 9.17) is 25.4 Å². The highest BCUT2D eigenvalue weighted by atomic mass is 16.5. The standard InChI is InChI=1S/C141H138O4/c1-9-16-22-28-32-36-43-101-51-81-129-131(86-101)137(113-57-53-109-95-121(69-61-105(109)91-113)142-83-40-26-20-13-5)127-79-49-103(45-38-34-30-24-18-11-3)88-133(127)139(129)115-59-55-111-97-123(71-63-107(111)93-115)144-119-73-65-117(66-74-119)141(135-85-99(8)47-77-125(135)126-78-48-100(42-15-7)90-136(126)141)118-67-75-120(76-68-118)145-124-72-64-108-94-116(60-56-112(108)98-124)140-130-82-52-102(44-37-33-29-23-17-10-2)87-132(130)138(128-80-50-104(89-134(128)140)46-39-35-31-25-19-12-4)114-58-54-110-96-122(70-62-106(110)92-114)143-84-41-27-21-14-6/h5,47-82,85-98H,9-12,14,16-19,21-25,27-39,41,43-46,84H2,1-4,6-8H3. The van der Waals surface area contributed by atoms with E-state index in [9.17, 15) is 0 Å². The van der Waals surface area contributed by atoms with Gasteiger partial charge < -0.3 is 18.9 Å². The summed E-state index contributed by atoms with van der Waals surface area (Å²) in [4.78, 5) is 0. The summed E-state index contributed by atoms with van der Waals surface area (Å²) in [6, 6.07) is 115. The Morgan fingerprint density at radius 3 is 0.972 bits per heavy atom. The topological polar surface area (TPSA) is 36.9 Å². The summed E-state index contributed by atoms with van der Waals surface area (Å²) in [5, 5.41) is 19.4. The minimum Gasteiger partial charge on any atom is -0.494 e. The van der Waals surface area contributed by atoms with Crippen LogP contribution in [0.2, 0.25) is 0 Å². The summed E-state index contributed by atoms with van der Waals surface area (Å²) in [5.41, 5.74) is 24.1. The lowest BCUT2D eigenvalue weighted by Crippen LogP contribution is -2.28. The van der Waals surface area contributed by atoms with Crippen molar-refractivity contribution in [3.8, 4) is 138 Å². The Labute approximate surface area is 862 Å². The summed E-state index contributed by atoms with van der Waals surface area (Å²) >= 11 is 0. The number of terminal acetylenes is 1. The molecule has 18 aromatic carbocycles. The maximum atomic E-state index is 7.03. The molecule has 0 radical (unpaired) electrons. The fraction of sp³-hybridized carbons (Fsp3) is 0.291. The van der Waals surface area contributed by atoms with Gasteiger partial charge in [-0.25, -0.2) is 0 Å². The molecule has 1 aliphatic carbocycles. The highest BCUT2D eigenvalue weighted by molar-refractivity contribution is 6.24. The Bertz CT molecular complexity index is 7930. The van der Waals surface area contributed by atoms with Crippen molar-refractivity contribution in [1.29, 1.82) is 0 Å². The lowest BCUT2D eigenvalue weighted by atomic mass is 9.67. The van der Waals surface area contributed by atoms with Crippen molar-refractivity contribution < 1.29 is 18.9 Å². The molecule has 0 spiro atoms. The highest BCUT2D eigenvalue weighted by Crippen LogP contribution is 2.58. The van der Waals surface area contributed by atoms with Crippen LogP contribution in [0, 0.1) is 55.0 Å². The van der Waals surface area contributed by atoms with Gasteiger partial charge in [-0.15, -0.1) is 12.3 Å². The maximum absolute atomic E-state index is 7.03. The Hall–Kier alpha value is -14.5. The van der Waals surface area contributed by atoms with E-state index in [-0.39, 0.29) is 0 Å². The zero-order valence-corrected chi connectivity index (χ0v) is 86.4. The summed E-state index contributed by atoms with van der Waals surface area (Å²) in [5.74, 6) is 21.5. The maximum Gasteiger partial charge on any atom is 0.140 e. The fourth-order valence-corrected chi connectivity index (χ4v) is 22.9. The largest absolute Gasteiger partial charge is 0.494 e. The Morgan fingerprint density at radius 2 is 0.586 bits per heavy atom. The first kappa shape index (κ1) is 99.2. The van der Waals surface area contributed by atoms with E-state index >= 15 is 0 Å². The molecular weight excluding hydrogens is 1760 g/mol. The molecule has 19 rings (SSSR count). The van der Waals surface area contributed by atoms with Gasteiger partial charge in [0.15, 0.2) is 0 Å². The number of aryl methyl sites for hydroxylation is 5. The van der Waals surface area contributed by atoms with Crippen LogP contribution in [0.3, 0.4) is 0 Å².